The molecule has 1 rings (SSSR count). The molecule has 5 heteroatoms. The van der Waals surface area contributed by atoms with Gasteiger partial charge in [-0.2, -0.15) is 4.98 Å². The van der Waals surface area contributed by atoms with Crippen molar-refractivity contribution in [3.8, 4) is 5.88 Å². The van der Waals surface area contributed by atoms with Crippen LogP contribution in [0.15, 0.2) is 12.1 Å². The zero-order chi connectivity index (χ0) is 12.8. The normalized spacial score (nSPS) is 12.2. The largest absolute Gasteiger partial charge is 0.481 e. The third-order valence-electron chi connectivity index (χ3n) is 2.64. The number of methoxy groups -OCH3 is 2. The van der Waals surface area contributed by atoms with Gasteiger partial charge in [-0.25, -0.2) is 0 Å². The molecule has 1 aromatic heterocycles. The van der Waals surface area contributed by atoms with Gasteiger partial charge in [-0.3, -0.25) is 0 Å². The molecule has 5 nitrogen and oxygen atoms in total. The minimum atomic E-state index is 0.215. The molecule has 0 aliphatic rings. The van der Waals surface area contributed by atoms with Crippen LogP contribution in [0.1, 0.15) is 13.8 Å². The predicted octanol–water partition coefficient (Wildman–Crippen LogP) is 1.53. The first-order valence-corrected chi connectivity index (χ1v) is 5.70. The van der Waals surface area contributed by atoms with E-state index in [4.69, 9.17) is 15.2 Å². The summed E-state index contributed by atoms with van der Waals surface area (Å²) < 4.78 is 10.3. The van der Waals surface area contributed by atoms with E-state index in [-0.39, 0.29) is 6.04 Å². The number of pyridine rings is 1. The average molecular weight is 239 g/mol. The molecule has 1 atom stereocenters. The number of nitrogen functional groups attached to an aromatic ring is 1. The van der Waals surface area contributed by atoms with Gasteiger partial charge in [0.2, 0.25) is 5.88 Å². The molecule has 0 amide bonds. The molecule has 0 saturated carbocycles. The Morgan fingerprint density at radius 1 is 1.41 bits per heavy atom. The summed E-state index contributed by atoms with van der Waals surface area (Å²) in [7, 11) is 3.28. The van der Waals surface area contributed by atoms with Crippen LogP contribution >= 0.6 is 0 Å². The second kappa shape index (κ2) is 6.30. The number of aromatic nitrogens is 1. The molecule has 0 aliphatic carbocycles. The fourth-order valence-corrected chi connectivity index (χ4v) is 1.79. The van der Waals surface area contributed by atoms with Crippen LogP contribution in [0.3, 0.4) is 0 Å². The van der Waals surface area contributed by atoms with E-state index >= 15 is 0 Å². The van der Waals surface area contributed by atoms with E-state index in [1.165, 1.54) is 0 Å². The Labute approximate surface area is 103 Å². The lowest BCUT2D eigenvalue weighted by atomic mass is 10.2. The first-order chi connectivity index (χ1) is 8.13. The van der Waals surface area contributed by atoms with Crippen molar-refractivity contribution in [2.24, 2.45) is 0 Å². The lowest BCUT2D eigenvalue weighted by Gasteiger charge is -2.29. The second-order valence-electron chi connectivity index (χ2n) is 3.86. The number of nitrogens with two attached hydrogens (primary N) is 1. The van der Waals surface area contributed by atoms with E-state index < -0.39 is 0 Å². The zero-order valence-corrected chi connectivity index (χ0v) is 10.9. The van der Waals surface area contributed by atoms with Gasteiger partial charge in [0.25, 0.3) is 0 Å². The molecule has 1 aromatic rings. The van der Waals surface area contributed by atoms with Crippen LogP contribution in [-0.2, 0) is 4.74 Å². The summed E-state index contributed by atoms with van der Waals surface area (Å²) in [4.78, 5) is 6.49. The zero-order valence-electron chi connectivity index (χ0n) is 10.9. The van der Waals surface area contributed by atoms with E-state index in [0.717, 1.165) is 12.4 Å². The van der Waals surface area contributed by atoms with Crippen molar-refractivity contribution in [3.63, 3.8) is 0 Å². The molecule has 2 N–H and O–H groups in total. The summed E-state index contributed by atoms with van der Waals surface area (Å²) in [5.41, 5.74) is 6.60. The summed E-state index contributed by atoms with van der Waals surface area (Å²) in [5, 5.41) is 0. The van der Waals surface area contributed by atoms with Gasteiger partial charge in [0.15, 0.2) is 5.82 Å². The quantitative estimate of drug-likeness (QED) is 0.815. The van der Waals surface area contributed by atoms with Gasteiger partial charge in [0.05, 0.1) is 25.4 Å². The van der Waals surface area contributed by atoms with Crippen molar-refractivity contribution in [2.75, 3.05) is 38.0 Å². The van der Waals surface area contributed by atoms with Crippen LogP contribution in [0.5, 0.6) is 5.88 Å². The fraction of sp³-hybridized carbons (Fsp3) is 0.583. The summed E-state index contributed by atoms with van der Waals surface area (Å²) in [6, 6.07) is 3.78. The number of hydrogen-bond donors (Lipinski definition) is 1. The maximum absolute atomic E-state index is 5.95. The van der Waals surface area contributed by atoms with Gasteiger partial charge >= 0.3 is 0 Å². The molecular weight excluding hydrogens is 218 g/mol. The predicted molar refractivity (Wildman–Crippen MR) is 69.6 cm³/mol. The number of hydrogen-bond acceptors (Lipinski definition) is 5. The van der Waals surface area contributed by atoms with E-state index in [1.54, 1.807) is 20.3 Å². The van der Waals surface area contributed by atoms with Gasteiger partial charge in [-0.05, 0) is 19.9 Å². The lowest BCUT2D eigenvalue weighted by Crippen LogP contribution is -2.37. The van der Waals surface area contributed by atoms with Crippen LogP contribution in [0.25, 0.3) is 0 Å². The van der Waals surface area contributed by atoms with Crippen molar-refractivity contribution < 1.29 is 9.47 Å². The van der Waals surface area contributed by atoms with Crippen LogP contribution in [0.2, 0.25) is 0 Å². The van der Waals surface area contributed by atoms with E-state index in [0.29, 0.717) is 18.2 Å². The molecular formula is C12H21N3O2. The third kappa shape index (κ3) is 3.23. The Morgan fingerprint density at radius 3 is 2.65 bits per heavy atom. The third-order valence-corrected chi connectivity index (χ3v) is 2.64. The van der Waals surface area contributed by atoms with E-state index in [9.17, 15) is 0 Å². The summed E-state index contributed by atoms with van der Waals surface area (Å²) in [6.07, 6.45) is 0. The van der Waals surface area contributed by atoms with Crippen molar-refractivity contribution in [1.29, 1.82) is 0 Å². The highest BCUT2D eigenvalue weighted by atomic mass is 16.5. The number of anilines is 2. The molecule has 1 unspecified atom stereocenters. The minimum absolute atomic E-state index is 0.215. The van der Waals surface area contributed by atoms with Crippen molar-refractivity contribution >= 4 is 11.5 Å². The first-order valence-electron chi connectivity index (χ1n) is 5.70. The van der Waals surface area contributed by atoms with Gasteiger partial charge in [-0.1, -0.05) is 0 Å². The van der Waals surface area contributed by atoms with Gasteiger partial charge in [-0.15, -0.1) is 0 Å². The number of ether oxygens (including phenoxy) is 2. The maximum atomic E-state index is 5.95. The number of nitrogens with zero attached hydrogens (tertiary/aromatic N) is 2. The summed E-state index contributed by atoms with van der Waals surface area (Å²) in [6.45, 7) is 5.58. The molecule has 17 heavy (non-hydrogen) atoms. The summed E-state index contributed by atoms with van der Waals surface area (Å²) in [5.74, 6) is 1.31. The van der Waals surface area contributed by atoms with Gasteiger partial charge < -0.3 is 20.1 Å². The molecule has 0 aliphatic heterocycles. The Hall–Kier alpha value is -1.49. The maximum Gasteiger partial charge on any atom is 0.215 e. The van der Waals surface area contributed by atoms with Crippen molar-refractivity contribution in [1.82, 2.24) is 4.98 Å². The molecule has 0 bridgehead atoms. The highest BCUT2D eigenvalue weighted by molar-refractivity contribution is 5.64. The highest BCUT2D eigenvalue weighted by Crippen LogP contribution is 2.25. The Kier molecular flexibility index (Phi) is 5.03. The Morgan fingerprint density at radius 2 is 2.12 bits per heavy atom. The minimum Gasteiger partial charge on any atom is -0.481 e. The second-order valence-corrected chi connectivity index (χ2v) is 3.86. The van der Waals surface area contributed by atoms with Crippen LogP contribution in [0.4, 0.5) is 11.5 Å². The highest BCUT2D eigenvalue weighted by Gasteiger charge is 2.17. The van der Waals surface area contributed by atoms with Gasteiger partial charge in [0.1, 0.15) is 0 Å². The van der Waals surface area contributed by atoms with E-state index in [1.807, 2.05) is 6.07 Å². The Bertz CT molecular complexity index is 358. The lowest BCUT2D eigenvalue weighted by molar-refractivity contribution is 0.181. The Balaban J connectivity index is 3.01. The molecule has 96 valence electrons. The molecule has 0 fully saturated rings. The topological polar surface area (TPSA) is 60.6 Å². The SMILES string of the molecule is CCN(c1nc(OC)ccc1N)C(C)COC. The number of rotatable bonds is 6. The molecule has 0 radical (unpaired) electrons. The van der Waals surface area contributed by atoms with Crippen molar-refractivity contribution in [2.45, 2.75) is 19.9 Å². The van der Waals surface area contributed by atoms with Crippen LogP contribution in [-0.4, -0.2) is 38.4 Å². The monoisotopic (exact) mass is 239 g/mol. The fourth-order valence-electron chi connectivity index (χ4n) is 1.79. The first kappa shape index (κ1) is 13.6. The average Bonchev–Trinajstić information content (AvgIpc) is 2.33. The van der Waals surface area contributed by atoms with E-state index in [2.05, 4.69) is 23.7 Å². The number of likely N-dealkylation sites (N-methyl/N-ethyl adjacent to an activating group) is 1. The van der Waals surface area contributed by atoms with Crippen LogP contribution in [0, 0.1) is 0 Å². The van der Waals surface area contributed by atoms with Crippen LogP contribution < -0.4 is 15.4 Å². The molecule has 0 spiro atoms. The standard InChI is InChI=1S/C12H21N3O2/c1-5-15(9(2)8-16-3)12-10(13)6-7-11(14-12)17-4/h6-7,9H,5,8,13H2,1-4H3. The molecule has 0 saturated heterocycles. The smallest absolute Gasteiger partial charge is 0.215 e. The molecule has 0 aromatic carbocycles. The van der Waals surface area contributed by atoms with Crippen molar-refractivity contribution in [3.05, 3.63) is 12.1 Å². The molecule has 1 heterocycles. The van der Waals surface area contributed by atoms with Gasteiger partial charge in [0, 0.05) is 19.7 Å². The summed E-state index contributed by atoms with van der Waals surface area (Å²) >= 11 is 0.